The number of Topliss-reactive ketones (excluding diaryl/α,β-unsaturated/α-hetero) is 1. The summed E-state index contributed by atoms with van der Waals surface area (Å²) in [5.41, 5.74) is 1.84. The van der Waals surface area contributed by atoms with Gasteiger partial charge in [0.2, 0.25) is 0 Å². The molecule has 2 heteroatoms. The van der Waals surface area contributed by atoms with Crippen molar-refractivity contribution in [2.75, 3.05) is 0 Å². The summed E-state index contributed by atoms with van der Waals surface area (Å²) in [4.78, 5) is 11.6. The van der Waals surface area contributed by atoms with Crippen molar-refractivity contribution in [2.24, 2.45) is 34.0 Å². The highest BCUT2D eigenvalue weighted by molar-refractivity contribution is 5.75. The molecule has 3 aliphatic rings. The fourth-order valence-electron chi connectivity index (χ4n) is 7.84. The van der Waals surface area contributed by atoms with Crippen LogP contribution >= 0.6 is 0 Å². The average molecular weight is 347 g/mol. The molecule has 0 aromatic rings. The zero-order valence-electron chi connectivity index (χ0n) is 17.0. The van der Waals surface area contributed by atoms with Crippen molar-refractivity contribution in [3.05, 3.63) is 12.2 Å². The average Bonchev–Trinajstić information content (AvgIpc) is 2.43. The highest BCUT2D eigenvalue weighted by Crippen LogP contribution is 2.69. The zero-order chi connectivity index (χ0) is 18.6. The van der Waals surface area contributed by atoms with Gasteiger partial charge >= 0.3 is 0 Å². The van der Waals surface area contributed by atoms with Crippen molar-refractivity contribution >= 4 is 5.78 Å². The topological polar surface area (TPSA) is 37.3 Å². The maximum atomic E-state index is 11.6. The molecule has 1 N–H and O–H groups in total. The van der Waals surface area contributed by atoms with Crippen LogP contribution in [0.25, 0.3) is 0 Å². The molecular formula is C23H38O2. The van der Waals surface area contributed by atoms with Gasteiger partial charge in [-0.1, -0.05) is 46.3 Å². The molecule has 0 aromatic heterocycles. The van der Waals surface area contributed by atoms with Gasteiger partial charge in [0.25, 0.3) is 0 Å². The summed E-state index contributed by atoms with van der Waals surface area (Å²) in [6.45, 7) is 15.7. The van der Waals surface area contributed by atoms with Crippen molar-refractivity contribution in [1.82, 2.24) is 0 Å². The number of ketones is 1. The van der Waals surface area contributed by atoms with Gasteiger partial charge in [0, 0.05) is 6.42 Å². The second-order valence-corrected chi connectivity index (χ2v) is 10.6. The molecule has 3 aliphatic carbocycles. The molecule has 142 valence electrons. The van der Waals surface area contributed by atoms with E-state index in [1.165, 1.54) is 31.3 Å². The summed E-state index contributed by atoms with van der Waals surface area (Å²) in [5, 5.41) is 11.3. The first-order chi connectivity index (χ1) is 11.5. The van der Waals surface area contributed by atoms with Crippen LogP contribution in [0.3, 0.4) is 0 Å². The smallest absolute Gasteiger partial charge is 0.129 e. The molecule has 0 spiro atoms. The Morgan fingerprint density at radius 2 is 1.88 bits per heavy atom. The number of carbonyl (C=O) groups excluding carboxylic acids is 1. The SMILES string of the molecule is C=C1CCC2C(C)(CC(O)C3C(C)(C)CCCC32C)C1CCC(C)=O. The Morgan fingerprint density at radius 3 is 2.52 bits per heavy atom. The van der Waals surface area contributed by atoms with Gasteiger partial charge < -0.3 is 9.90 Å². The fourth-order valence-corrected chi connectivity index (χ4v) is 7.84. The Bertz CT molecular complexity index is 562. The number of rotatable bonds is 3. The third-order valence-corrected chi connectivity index (χ3v) is 8.54. The van der Waals surface area contributed by atoms with Gasteiger partial charge in [-0.05, 0) is 79.4 Å². The monoisotopic (exact) mass is 346 g/mol. The van der Waals surface area contributed by atoms with E-state index in [9.17, 15) is 9.90 Å². The Hall–Kier alpha value is -0.630. The molecular weight excluding hydrogens is 308 g/mol. The second kappa shape index (κ2) is 6.22. The first-order valence-corrected chi connectivity index (χ1v) is 10.4. The van der Waals surface area contributed by atoms with E-state index in [2.05, 4.69) is 34.3 Å². The molecule has 0 heterocycles. The lowest BCUT2D eigenvalue weighted by atomic mass is 9.38. The molecule has 3 fully saturated rings. The van der Waals surface area contributed by atoms with E-state index in [-0.39, 0.29) is 28.1 Å². The summed E-state index contributed by atoms with van der Waals surface area (Å²) in [6.07, 6.45) is 8.27. The van der Waals surface area contributed by atoms with Gasteiger partial charge in [0.05, 0.1) is 6.10 Å². The van der Waals surface area contributed by atoms with Crippen LogP contribution in [0.4, 0.5) is 0 Å². The molecule has 0 radical (unpaired) electrons. The molecule has 0 aliphatic heterocycles. The quantitative estimate of drug-likeness (QED) is 0.681. The third-order valence-electron chi connectivity index (χ3n) is 8.54. The summed E-state index contributed by atoms with van der Waals surface area (Å²) in [7, 11) is 0. The van der Waals surface area contributed by atoms with E-state index < -0.39 is 0 Å². The van der Waals surface area contributed by atoms with Crippen molar-refractivity contribution < 1.29 is 9.90 Å². The second-order valence-electron chi connectivity index (χ2n) is 10.6. The van der Waals surface area contributed by atoms with E-state index in [4.69, 9.17) is 0 Å². The molecule has 2 nitrogen and oxygen atoms in total. The van der Waals surface area contributed by atoms with Crippen LogP contribution < -0.4 is 0 Å². The maximum Gasteiger partial charge on any atom is 0.129 e. The van der Waals surface area contributed by atoms with E-state index in [1.54, 1.807) is 6.92 Å². The zero-order valence-corrected chi connectivity index (χ0v) is 17.0. The van der Waals surface area contributed by atoms with Crippen molar-refractivity contribution in [1.29, 1.82) is 0 Å². The number of carbonyl (C=O) groups is 1. The van der Waals surface area contributed by atoms with E-state index in [0.717, 1.165) is 19.3 Å². The molecule has 25 heavy (non-hydrogen) atoms. The molecule has 6 unspecified atom stereocenters. The van der Waals surface area contributed by atoms with Gasteiger partial charge in [-0.25, -0.2) is 0 Å². The summed E-state index contributed by atoms with van der Waals surface area (Å²) in [6, 6.07) is 0. The Balaban J connectivity index is 1.99. The number of allylic oxidation sites excluding steroid dienone is 1. The minimum absolute atomic E-state index is 0.0862. The minimum atomic E-state index is -0.229. The molecule has 3 rings (SSSR count). The standard InChI is InChI=1S/C23H38O2/c1-15-8-11-19-22(5)13-7-12-21(3,4)20(22)18(25)14-23(19,6)17(15)10-9-16(2)24/h17-20,25H,1,7-14H2,2-6H3. The van der Waals surface area contributed by atoms with Crippen LogP contribution in [0.2, 0.25) is 0 Å². The largest absolute Gasteiger partial charge is 0.393 e. The normalized spacial score (nSPS) is 46.2. The summed E-state index contributed by atoms with van der Waals surface area (Å²) >= 11 is 0. The number of hydrogen-bond acceptors (Lipinski definition) is 2. The Labute approximate surface area is 154 Å². The fraction of sp³-hybridized carbons (Fsp3) is 0.870. The van der Waals surface area contributed by atoms with Gasteiger partial charge in [-0.2, -0.15) is 0 Å². The van der Waals surface area contributed by atoms with Crippen LogP contribution in [-0.2, 0) is 4.79 Å². The van der Waals surface area contributed by atoms with E-state index >= 15 is 0 Å². The van der Waals surface area contributed by atoms with Gasteiger partial charge in [-0.3, -0.25) is 0 Å². The van der Waals surface area contributed by atoms with Gasteiger partial charge in [0.1, 0.15) is 5.78 Å². The van der Waals surface area contributed by atoms with Crippen LogP contribution in [0, 0.1) is 34.0 Å². The summed E-state index contributed by atoms with van der Waals surface area (Å²) in [5.74, 6) is 1.69. The van der Waals surface area contributed by atoms with E-state index in [1.807, 2.05) is 0 Å². The number of aliphatic hydroxyl groups excluding tert-OH is 1. The molecule has 6 atom stereocenters. The molecule has 0 aromatic carbocycles. The highest BCUT2D eigenvalue weighted by atomic mass is 16.3. The molecule has 3 saturated carbocycles. The van der Waals surface area contributed by atoms with Crippen LogP contribution in [0.5, 0.6) is 0 Å². The lowest BCUT2D eigenvalue weighted by molar-refractivity contribution is -0.204. The third kappa shape index (κ3) is 2.93. The highest BCUT2D eigenvalue weighted by Gasteiger charge is 2.63. The predicted octanol–water partition coefficient (Wildman–Crippen LogP) is 5.54. The maximum absolute atomic E-state index is 11.6. The molecule has 0 saturated heterocycles. The van der Waals surface area contributed by atoms with Gasteiger partial charge in [-0.15, -0.1) is 0 Å². The van der Waals surface area contributed by atoms with Gasteiger partial charge in [0.15, 0.2) is 0 Å². The lowest BCUT2D eigenvalue weighted by Crippen LogP contribution is -2.63. The first kappa shape index (κ1) is 19.1. The van der Waals surface area contributed by atoms with Crippen LogP contribution in [-0.4, -0.2) is 17.0 Å². The van der Waals surface area contributed by atoms with Crippen LogP contribution in [0.1, 0.15) is 86.0 Å². The van der Waals surface area contributed by atoms with Crippen molar-refractivity contribution in [3.8, 4) is 0 Å². The number of aliphatic hydroxyl groups is 1. The Morgan fingerprint density at radius 1 is 1.20 bits per heavy atom. The molecule has 0 bridgehead atoms. The Kier molecular flexibility index (Phi) is 4.76. The molecule has 0 amide bonds. The van der Waals surface area contributed by atoms with Crippen molar-refractivity contribution in [2.45, 2.75) is 92.1 Å². The van der Waals surface area contributed by atoms with Crippen molar-refractivity contribution in [3.63, 3.8) is 0 Å². The van der Waals surface area contributed by atoms with E-state index in [0.29, 0.717) is 24.2 Å². The summed E-state index contributed by atoms with van der Waals surface area (Å²) < 4.78 is 0. The predicted molar refractivity (Wildman–Crippen MR) is 103 cm³/mol. The first-order valence-electron chi connectivity index (χ1n) is 10.4. The number of fused-ring (bicyclic) bond motifs is 3. The lowest BCUT2D eigenvalue weighted by Gasteiger charge is -2.67. The number of hydrogen-bond donors (Lipinski definition) is 1. The van der Waals surface area contributed by atoms with Crippen LogP contribution in [0.15, 0.2) is 12.2 Å². The minimum Gasteiger partial charge on any atom is -0.393 e.